The minimum atomic E-state index is -0.856. The zero-order valence-corrected chi connectivity index (χ0v) is 24.9. The average molecular weight is 549 g/mol. The van der Waals surface area contributed by atoms with Crippen LogP contribution in [0, 0.1) is 11.3 Å². The van der Waals surface area contributed by atoms with Gasteiger partial charge < -0.3 is 10.6 Å². The standard InChI is InChI=1S/C28H36N2O.C6H10FP/c1-21-19-28(2,16-14-25(21)24-12-8-17-29-20-24)26-13-7-6-9-22(26)15-18-30-27(31)23-10-4-3-5-11-23;1-2-3-6(7)4-5-8/h3-5,7,10-11,13-14,16,24,29H,6,8-9,12,15,17-20H2,1-2H3,(H,30,31);2,4-6H,1,3,8H2/b;5-4+/t24-,28?;/m1./s1. The Morgan fingerprint density at radius 3 is 2.77 bits per heavy atom. The number of amides is 1. The van der Waals surface area contributed by atoms with Crippen LogP contribution < -0.4 is 10.6 Å². The summed E-state index contributed by atoms with van der Waals surface area (Å²) in [5, 5.41) is 6.67. The summed E-state index contributed by atoms with van der Waals surface area (Å²) in [6.45, 7) is 11.1. The van der Waals surface area contributed by atoms with E-state index in [0.29, 0.717) is 18.9 Å². The first-order valence-corrected chi connectivity index (χ1v) is 15.0. The molecule has 0 radical (unpaired) electrons. The predicted molar refractivity (Wildman–Crippen MR) is 168 cm³/mol. The fraction of sp³-hybridized carbons (Fsp3) is 0.441. The molecule has 1 heterocycles. The number of hydrogen-bond donors (Lipinski definition) is 2. The van der Waals surface area contributed by atoms with Gasteiger partial charge in [-0.3, -0.25) is 4.79 Å². The molecule has 39 heavy (non-hydrogen) atoms. The topological polar surface area (TPSA) is 41.1 Å². The van der Waals surface area contributed by atoms with E-state index < -0.39 is 6.17 Å². The van der Waals surface area contributed by atoms with Crippen LogP contribution >= 0.6 is 9.24 Å². The summed E-state index contributed by atoms with van der Waals surface area (Å²) in [6.07, 6.45) is 18.9. The maximum atomic E-state index is 12.4. The van der Waals surface area contributed by atoms with E-state index in [0.717, 1.165) is 44.3 Å². The van der Waals surface area contributed by atoms with Crippen molar-refractivity contribution in [2.45, 2.75) is 65.0 Å². The molecule has 1 aromatic carbocycles. The zero-order chi connectivity index (χ0) is 28.1. The molecule has 4 rings (SSSR count). The maximum Gasteiger partial charge on any atom is 0.251 e. The highest BCUT2D eigenvalue weighted by molar-refractivity contribution is 7.20. The van der Waals surface area contributed by atoms with Gasteiger partial charge in [0.05, 0.1) is 0 Å². The van der Waals surface area contributed by atoms with Crippen LogP contribution in [0.1, 0.15) is 69.2 Å². The number of piperidine rings is 1. The molecule has 0 bridgehead atoms. The summed E-state index contributed by atoms with van der Waals surface area (Å²) < 4.78 is 12.2. The third-order valence-electron chi connectivity index (χ3n) is 7.85. The fourth-order valence-electron chi connectivity index (χ4n) is 5.86. The molecule has 0 spiro atoms. The molecule has 2 N–H and O–H groups in total. The van der Waals surface area contributed by atoms with Gasteiger partial charge in [-0.2, -0.15) is 0 Å². The van der Waals surface area contributed by atoms with Crippen molar-refractivity contribution in [2.24, 2.45) is 11.3 Å². The number of allylic oxidation sites excluding steroid dienone is 8. The second-order valence-corrected chi connectivity index (χ2v) is 11.3. The predicted octanol–water partition coefficient (Wildman–Crippen LogP) is 8.02. The summed E-state index contributed by atoms with van der Waals surface area (Å²) in [4.78, 5) is 12.4. The molecule has 5 heteroatoms. The van der Waals surface area contributed by atoms with Crippen molar-refractivity contribution in [3.8, 4) is 0 Å². The fourth-order valence-corrected chi connectivity index (χ4v) is 6.10. The molecular formula is C34H46FN2OP. The molecule has 210 valence electrons. The highest BCUT2D eigenvalue weighted by atomic mass is 31.0. The molecule has 2 aliphatic carbocycles. The largest absolute Gasteiger partial charge is 0.352 e. The summed E-state index contributed by atoms with van der Waals surface area (Å²) in [5.41, 5.74) is 6.84. The van der Waals surface area contributed by atoms with Gasteiger partial charge in [0.15, 0.2) is 0 Å². The highest BCUT2D eigenvalue weighted by Crippen LogP contribution is 2.45. The van der Waals surface area contributed by atoms with E-state index >= 15 is 0 Å². The smallest absolute Gasteiger partial charge is 0.251 e. The molecule has 1 saturated heterocycles. The van der Waals surface area contributed by atoms with Crippen molar-refractivity contribution in [1.29, 1.82) is 0 Å². The quantitative estimate of drug-likeness (QED) is 0.242. The molecule has 3 unspecified atom stereocenters. The van der Waals surface area contributed by atoms with E-state index in [1.807, 2.05) is 30.3 Å². The van der Waals surface area contributed by atoms with Gasteiger partial charge in [-0.15, -0.1) is 15.8 Å². The van der Waals surface area contributed by atoms with Crippen LogP contribution in [0.4, 0.5) is 4.39 Å². The summed E-state index contributed by atoms with van der Waals surface area (Å²) in [5.74, 6) is 2.30. The molecule has 3 nitrogen and oxygen atoms in total. The third kappa shape index (κ3) is 9.26. The van der Waals surface area contributed by atoms with Crippen molar-refractivity contribution >= 4 is 15.1 Å². The first kappa shape index (κ1) is 31.0. The lowest BCUT2D eigenvalue weighted by Crippen LogP contribution is -2.32. The van der Waals surface area contributed by atoms with Crippen LogP contribution in [-0.4, -0.2) is 31.7 Å². The molecule has 0 saturated carbocycles. The molecule has 1 aromatic rings. The number of halogens is 1. The number of carbonyl (C=O) groups excluding carboxylic acids is 1. The Bertz CT molecular complexity index is 1110. The lowest BCUT2D eigenvalue weighted by molar-refractivity contribution is 0.0954. The Kier molecular flexibility index (Phi) is 12.6. The number of carbonyl (C=O) groups is 1. The van der Waals surface area contributed by atoms with Gasteiger partial charge in [0.25, 0.3) is 5.91 Å². The van der Waals surface area contributed by atoms with E-state index in [-0.39, 0.29) is 11.3 Å². The lowest BCUT2D eigenvalue weighted by atomic mass is 9.68. The molecule has 0 aromatic heterocycles. The van der Waals surface area contributed by atoms with Crippen molar-refractivity contribution in [3.63, 3.8) is 0 Å². The van der Waals surface area contributed by atoms with Gasteiger partial charge in [0, 0.05) is 24.1 Å². The normalized spacial score (nSPS) is 23.8. The summed E-state index contributed by atoms with van der Waals surface area (Å²) in [6, 6.07) is 9.49. The van der Waals surface area contributed by atoms with Crippen LogP contribution in [0.2, 0.25) is 0 Å². The van der Waals surface area contributed by atoms with Crippen LogP contribution in [0.5, 0.6) is 0 Å². The van der Waals surface area contributed by atoms with E-state index in [1.54, 1.807) is 23.0 Å². The SMILES string of the molecule is C=CCC(F)/C=C/P.CC1=C([C@@H]2CCCNC2)C=CC(C)(C2=C(CCNC(=O)c3ccccc3)CCC=C2)C1. The zero-order valence-electron chi connectivity index (χ0n) is 23.7. The first-order chi connectivity index (χ1) is 18.9. The average Bonchev–Trinajstić information content (AvgIpc) is 2.95. The Morgan fingerprint density at radius 2 is 2.10 bits per heavy atom. The Balaban J connectivity index is 0.000000459. The van der Waals surface area contributed by atoms with Crippen molar-refractivity contribution in [1.82, 2.24) is 10.6 Å². The Labute approximate surface area is 237 Å². The minimum absolute atomic E-state index is 0.0161. The van der Waals surface area contributed by atoms with E-state index in [9.17, 15) is 9.18 Å². The molecule has 1 amide bonds. The van der Waals surface area contributed by atoms with Gasteiger partial charge >= 0.3 is 0 Å². The molecule has 1 aliphatic heterocycles. The maximum absolute atomic E-state index is 12.4. The Hall–Kier alpha value is -2.55. The second kappa shape index (κ2) is 15.9. The van der Waals surface area contributed by atoms with Gasteiger partial charge in [-0.05, 0) is 87.6 Å². The molecular weight excluding hydrogens is 502 g/mol. The Morgan fingerprint density at radius 1 is 1.31 bits per heavy atom. The van der Waals surface area contributed by atoms with Crippen LogP contribution in [-0.2, 0) is 0 Å². The van der Waals surface area contributed by atoms with Crippen LogP contribution in [0.3, 0.4) is 0 Å². The van der Waals surface area contributed by atoms with E-state index in [2.05, 4.69) is 64.6 Å². The number of alkyl halides is 1. The van der Waals surface area contributed by atoms with E-state index in [1.165, 1.54) is 30.1 Å². The lowest BCUT2D eigenvalue weighted by Gasteiger charge is -2.37. The molecule has 1 fully saturated rings. The van der Waals surface area contributed by atoms with Gasteiger partial charge in [0.2, 0.25) is 0 Å². The second-order valence-electron chi connectivity index (χ2n) is 11.0. The monoisotopic (exact) mass is 548 g/mol. The van der Waals surface area contributed by atoms with Crippen LogP contribution in [0.25, 0.3) is 0 Å². The van der Waals surface area contributed by atoms with E-state index in [4.69, 9.17) is 0 Å². The van der Waals surface area contributed by atoms with Crippen molar-refractivity contribution in [2.75, 3.05) is 19.6 Å². The van der Waals surface area contributed by atoms with Gasteiger partial charge in [-0.1, -0.05) is 78.5 Å². The summed E-state index contributed by atoms with van der Waals surface area (Å²) in [7, 11) is 2.32. The van der Waals surface area contributed by atoms with Gasteiger partial charge in [0.1, 0.15) is 6.17 Å². The van der Waals surface area contributed by atoms with Gasteiger partial charge in [-0.25, -0.2) is 4.39 Å². The van der Waals surface area contributed by atoms with Crippen molar-refractivity contribution < 1.29 is 9.18 Å². The summed E-state index contributed by atoms with van der Waals surface area (Å²) >= 11 is 0. The molecule has 4 atom stereocenters. The van der Waals surface area contributed by atoms with Crippen LogP contribution in [0.15, 0.2) is 101 Å². The number of benzene rings is 1. The number of hydrogen-bond acceptors (Lipinski definition) is 2. The minimum Gasteiger partial charge on any atom is -0.352 e. The highest BCUT2D eigenvalue weighted by Gasteiger charge is 2.33. The molecule has 3 aliphatic rings. The first-order valence-electron chi connectivity index (χ1n) is 14.3. The third-order valence-corrected chi connectivity index (χ3v) is 8.07. The number of rotatable bonds is 9. The van der Waals surface area contributed by atoms with Crippen molar-refractivity contribution in [3.05, 3.63) is 107 Å². The number of nitrogens with one attached hydrogen (secondary N) is 2.